The van der Waals surface area contributed by atoms with Crippen molar-refractivity contribution in [2.75, 3.05) is 31.8 Å². The monoisotopic (exact) mass is 304 g/mol. The third-order valence-corrected chi connectivity index (χ3v) is 4.58. The molecule has 0 aromatic carbocycles. The third kappa shape index (κ3) is 7.27. The first-order valence-electron chi connectivity index (χ1n) is 6.50. The second-order valence-corrected chi connectivity index (χ2v) is 6.45. The van der Waals surface area contributed by atoms with E-state index in [2.05, 4.69) is 23.5 Å². The Kier molecular flexibility index (Phi) is 8.65. The van der Waals surface area contributed by atoms with Gasteiger partial charge >= 0.3 is 0 Å². The number of aliphatic hydroxyl groups excluding tert-OH is 1. The minimum atomic E-state index is -0.438. The maximum Gasteiger partial charge on any atom is 0.0897 e. The molecule has 0 aliphatic heterocycles. The van der Waals surface area contributed by atoms with Gasteiger partial charge in [0.2, 0.25) is 0 Å². The van der Waals surface area contributed by atoms with Crippen LogP contribution in [-0.4, -0.2) is 54.0 Å². The largest absolute Gasteiger partial charge is 0.389 e. The molecule has 0 aliphatic carbocycles. The molecule has 0 spiro atoms. The van der Waals surface area contributed by atoms with Crippen LogP contribution in [0.2, 0.25) is 0 Å². The first kappa shape index (κ1) is 16.9. The van der Waals surface area contributed by atoms with Gasteiger partial charge in [-0.3, -0.25) is 0 Å². The highest BCUT2D eigenvalue weighted by Crippen LogP contribution is 2.12. The molecule has 4 nitrogen and oxygen atoms in total. The average Bonchev–Trinajstić information content (AvgIpc) is 2.78. The van der Waals surface area contributed by atoms with Gasteiger partial charge < -0.3 is 15.2 Å². The van der Waals surface area contributed by atoms with E-state index in [0.29, 0.717) is 25.8 Å². The minimum absolute atomic E-state index is 0.386. The summed E-state index contributed by atoms with van der Waals surface area (Å²) in [7, 11) is 0. The molecule has 1 aromatic rings. The first-order chi connectivity index (χ1) is 9.13. The van der Waals surface area contributed by atoms with E-state index in [1.54, 1.807) is 23.1 Å². The molecule has 0 amide bonds. The fourth-order valence-electron chi connectivity index (χ4n) is 1.66. The van der Waals surface area contributed by atoms with Crippen molar-refractivity contribution in [2.45, 2.75) is 32.4 Å². The van der Waals surface area contributed by atoms with E-state index in [1.165, 1.54) is 4.88 Å². The maximum absolute atomic E-state index is 9.77. The fraction of sp³-hybridized carbons (Fsp3) is 0.769. The van der Waals surface area contributed by atoms with E-state index in [0.717, 1.165) is 17.9 Å². The molecule has 0 radical (unpaired) electrons. The van der Waals surface area contributed by atoms with Crippen LogP contribution in [0.15, 0.2) is 5.51 Å². The number of ether oxygens (including phenoxy) is 1. The van der Waals surface area contributed by atoms with Gasteiger partial charge in [-0.05, 0) is 20.1 Å². The lowest BCUT2D eigenvalue weighted by molar-refractivity contribution is 0.0377. The van der Waals surface area contributed by atoms with E-state index in [4.69, 9.17) is 4.74 Å². The molecule has 0 fully saturated rings. The molecule has 0 bridgehead atoms. The van der Waals surface area contributed by atoms with Crippen LogP contribution >= 0.6 is 23.1 Å². The Bertz CT molecular complexity index is 347. The third-order valence-electron chi connectivity index (χ3n) is 2.75. The number of aryl methyl sites for hydroxylation is 1. The quantitative estimate of drug-likeness (QED) is 0.645. The molecule has 1 aromatic heterocycles. The Balaban J connectivity index is 2.04. The van der Waals surface area contributed by atoms with Crippen LogP contribution in [0.25, 0.3) is 0 Å². The van der Waals surface area contributed by atoms with E-state index >= 15 is 0 Å². The van der Waals surface area contributed by atoms with Crippen molar-refractivity contribution in [3.05, 3.63) is 16.1 Å². The van der Waals surface area contributed by atoms with Crippen LogP contribution in [0, 0.1) is 6.92 Å². The summed E-state index contributed by atoms with van der Waals surface area (Å²) in [5.41, 5.74) is 2.94. The summed E-state index contributed by atoms with van der Waals surface area (Å²) in [5, 5.41) is 13.1. The zero-order chi connectivity index (χ0) is 14.1. The van der Waals surface area contributed by atoms with E-state index in [-0.39, 0.29) is 0 Å². The molecule has 0 aliphatic rings. The summed E-state index contributed by atoms with van der Waals surface area (Å²) >= 11 is 3.46. The lowest BCUT2D eigenvalue weighted by atomic mass is 10.3. The summed E-state index contributed by atoms with van der Waals surface area (Å²) in [6.45, 7) is 5.74. The van der Waals surface area contributed by atoms with Crippen LogP contribution in [-0.2, 0) is 11.2 Å². The number of nitrogens with zero attached hydrogens (tertiary/aromatic N) is 1. The lowest BCUT2D eigenvalue weighted by Gasteiger charge is -2.16. The number of aromatic nitrogens is 1. The predicted octanol–water partition coefficient (Wildman–Crippen LogP) is 1.71. The molecule has 2 N–H and O–H groups in total. The number of rotatable bonds is 10. The SMILES string of the molecule is CSCC(C)NCC(O)COCCc1scnc1C. The summed E-state index contributed by atoms with van der Waals surface area (Å²) in [5.74, 6) is 1.05. The van der Waals surface area contributed by atoms with E-state index in [9.17, 15) is 5.11 Å². The molecular weight excluding hydrogens is 280 g/mol. The molecule has 0 saturated heterocycles. The van der Waals surface area contributed by atoms with Crippen molar-refractivity contribution < 1.29 is 9.84 Å². The van der Waals surface area contributed by atoms with Crippen LogP contribution < -0.4 is 5.32 Å². The van der Waals surface area contributed by atoms with Crippen molar-refractivity contribution in [3.63, 3.8) is 0 Å². The number of aliphatic hydroxyl groups is 1. The Morgan fingerprint density at radius 3 is 3.00 bits per heavy atom. The van der Waals surface area contributed by atoms with Gasteiger partial charge in [0.1, 0.15) is 0 Å². The predicted molar refractivity (Wildman–Crippen MR) is 83.2 cm³/mol. The normalized spacial score (nSPS) is 14.5. The summed E-state index contributed by atoms with van der Waals surface area (Å²) in [6, 6.07) is 0.421. The first-order valence-corrected chi connectivity index (χ1v) is 8.78. The lowest BCUT2D eigenvalue weighted by Crippen LogP contribution is -2.37. The number of hydrogen-bond donors (Lipinski definition) is 2. The minimum Gasteiger partial charge on any atom is -0.389 e. The van der Waals surface area contributed by atoms with Crippen LogP contribution in [0.3, 0.4) is 0 Å². The van der Waals surface area contributed by atoms with Gasteiger partial charge in [0.05, 0.1) is 30.5 Å². The molecule has 110 valence electrons. The summed E-state index contributed by atoms with van der Waals surface area (Å²) in [6.07, 6.45) is 2.52. The van der Waals surface area contributed by atoms with Crippen molar-refractivity contribution in [1.29, 1.82) is 0 Å². The average molecular weight is 304 g/mol. The standard InChI is InChI=1S/C13H24N2O2S2/c1-10(8-18-3)14-6-12(16)7-17-5-4-13-11(2)15-9-19-13/h9-10,12,14,16H,4-8H2,1-3H3. The van der Waals surface area contributed by atoms with Gasteiger partial charge in [-0.25, -0.2) is 4.98 Å². The maximum atomic E-state index is 9.77. The highest BCUT2D eigenvalue weighted by molar-refractivity contribution is 7.98. The Hall–Kier alpha value is -0.140. The van der Waals surface area contributed by atoms with Crippen molar-refractivity contribution in [3.8, 4) is 0 Å². The van der Waals surface area contributed by atoms with Gasteiger partial charge in [0.15, 0.2) is 0 Å². The number of nitrogens with one attached hydrogen (secondary N) is 1. The van der Waals surface area contributed by atoms with Crippen molar-refractivity contribution in [2.24, 2.45) is 0 Å². The fourth-order valence-corrected chi connectivity index (χ4v) is 3.04. The Morgan fingerprint density at radius 2 is 2.37 bits per heavy atom. The Morgan fingerprint density at radius 1 is 1.58 bits per heavy atom. The summed E-state index contributed by atoms with van der Waals surface area (Å²) in [4.78, 5) is 5.46. The highest BCUT2D eigenvalue weighted by atomic mass is 32.2. The molecule has 0 saturated carbocycles. The summed E-state index contributed by atoms with van der Waals surface area (Å²) < 4.78 is 5.50. The second kappa shape index (κ2) is 9.72. The van der Waals surface area contributed by atoms with Gasteiger partial charge in [0, 0.05) is 29.6 Å². The van der Waals surface area contributed by atoms with Gasteiger partial charge in [0.25, 0.3) is 0 Å². The topological polar surface area (TPSA) is 54.4 Å². The zero-order valence-electron chi connectivity index (χ0n) is 11.9. The highest BCUT2D eigenvalue weighted by Gasteiger charge is 2.07. The van der Waals surface area contributed by atoms with E-state index in [1.807, 2.05) is 12.4 Å². The van der Waals surface area contributed by atoms with Crippen LogP contribution in [0.4, 0.5) is 0 Å². The molecule has 1 rings (SSSR count). The molecule has 2 atom stereocenters. The number of hydrogen-bond acceptors (Lipinski definition) is 6. The van der Waals surface area contributed by atoms with E-state index < -0.39 is 6.10 Å². The van der Waals surface area contributed by atoms with Crippen LogP contribution in [0.5, 0.6) is 0 Å². The van der Waals surface area contributed by atoms with Gasteiger partial charge in [-0.2, -0.15) is 11.8 Å². The van der Waals surface area contributed by atoms with Gasteiger partial charge in [-0.1, -0.05) is 0 Å². The Labute approximate surface area is 124 Å². The zero-order valence-corrected chi connectivity index (χ0v) is 13.5. The molecule has 19 heavy (non-hydrogen) atoms. The second-order valence-electron chi connectivity index (χ2n) is 4.60. The molecular formula is C13H24N2O2S2. The van der Waals surface area contributed by atoms with Crippen molar-refractivity contribution in [1.82, 2.24) is 10.3 Å². The molecule has 1 heterocycles. The molecule has 6 heteroatoms. The van der Waals surface area contributed by atoms with Gasteiger partial charge in [-0.15, -0.1) is 11.3 Å². The molecule has 2 unspecified atom stereocenters. The van der Waals surface area contributed by atoms with Crippen LogP contribution in [0.1, 0.15) is 17.5 Å². The van der Waals surface area contributed by atoms with Crippen molar-refractivity contribution >= 4 is 23.1 Å². The smallest absolute Gasteiger partial charge is 0.0897 e. The number of thioether (sulfide) groups is 1. The number of thiazole rings is 1.